The summed E-state index contributed by atoms with van der Waals surface area (Å²) in [5.74, 6) is 0. The van der Waals surface area contributed by atoms with Gasteiger partial charge in [-0.3, -0.25) is 0 Å². The van der Waals surface area contributed by atoms with Crippen LogP contribution in [0, 0.1) is 0 Å². The summed E-state index contributed by atoms with van der Waals surface area (Å²) in [4.78, 5) is 2.48. The van der Waals surface area contributed by atoms with Crippen molar-refractivity contribution in [2.75, 3.05) is 26.2 Å². The maximum Gasteiger partial charge on any atom is 0.0702 e. The number of rotatable bonds is 2. The van der Waals surface area contributed by atoms with Crippen LogP contribution in [0.3, 0.4) is 0 Å². The van der Waals surface area contributed by atoms with E-state index in [-0.39, 0.29) is 0 Å². The molecule has 1 unspecified atom stereocenters. The highest BCUT2D eigenvalue weighted by Crippen LogP contribution is 2.16. The highest BCUT2D eigenvalue weighted by Gasteiger charge is 2.21. The van der Waals surface area contributed by atoms with Gasteiger partial charge in [0.15, 0.2) is 0 Å². The number of hydrogen-bond donors (Lipinski definition) is 0. The lowest BCUT2D eigenvalue weighted by atomic mass is 10.1. The van der Waals surface area contributed by atoms with Crippen molar-refractivity contribution < 1.29 is 4.74 Å². The maximum absolute atomic E-state index is 5.52. The Morgan fingerprint density at radius 1 is 1.30 bits per heavy atom. The first-order chi connectivity index (χ1) is 4.95. The molecule has 2 aliphatic heterocycles. The van der Waals surface area contributed by atoms with Gasteiger partial charge in [0.2, 0.25) is 0 Å². The largest absolute Gasteiger partial charge is 0.377 e. The molecule has 2 heterocycles. The Hall–Kier alpha value is -0.0800. The molecule has 2 aliphatic rings. The fourth-order valence-corrected chi connectivity index (χ4v) is 1.64. The number of likely N-dealkylation sites (tertiary alicyclic amines) is 1. The molecule has 58 valence electrons. The molecule has 2 heteroatoms. The highest BCUT2D eigenvalue weighted by molar-refractivity contribution is 4.75. The van der Waals surface area contributed by atoms with Gasteiger partial charge in [0.25, 0.3) is 0 Å². The topological polar surface area (TPSA) is 12.5 Å². The molecule has 2 nitrogen and oxygen atoms in total. The van der Waals surface area contributed by atoms with Gasteiger partial charge in [0.1, 0.15) is 0 Å². The molecular weight excluding hydrogens is 126 g/mol. The first-order valence-corrected chi connectivity index (χ1v) is 4.29. The van der Waals surface area contributed by atoms with E-state index in [1.807, 2.05) is 0 Å². The van der Waals surface area contributed by atoms with Crippen molar-refractivity contribution in [1.29, 1.82) is 0 Å². The predicted molar refractivity (Wildman–Crippen MR) is 40.0 cm³/mol. The van der Waals surface area contributed by atoms with Crippen LogP contribution in [-0.2, 0) is 4.74 Å². The van der Waals surface area contributed by atoms with Gasteiger partial charge in [-0.05, 0) is 32.4 Å². The lowest BCUT2D eigenvalue weighted by Gasteiger charge is -2.32. The molecule has 0 saturated carbocycles. The van der Waals surface area contributed by atoms with Crippen molar-refractivity contribution in [3.63, 3.8) is 0 Å². The minimum absolute atomic E-state index is 0.570. The van der Waals surface area contributed by atoms with Crippen molar-refractivity contribution >= 4 is 0 Å². The summed E-state index contributed by atoms with van der Waals surface area (Å²) < 4.78 is 5.52. The smallest absolute Gasteiger partial charge is 0.0702 e. The molecule has 0 aromatic heterocycles. The van der Waals surface area contributed by atoms with Crippen LogP contribution in [-0.4, -0.2) is 37.2 Å². The number of hydrogen-bond acceptors (Lipinski definition) is 2. The zero-order valence-electron chi connectivity index (χ0n) is 6.38. The minimum Gasteiger partial charge on any atom is -0.377 e. The van der Waals surface area contributed by atoms with E-state index in [2.05, 4.69) is 4.90 Å². The van der Waals surface area contributed by atoms with Gasteiger partial charge in [-0.25, -0.2) is 0 Å². The van der Waals surface area contributed by atoms with Crippen molar-refractivity contribution in [3.05, 3.63) is 0 Å². The summed E-state index contributed by atoms with van der Waals surface area (Å²) in [7, 11) is 0. The Kier molecular flexibility index (Phi) is 1.91. The van der Waals surface area contributed by atoms with Gasteiger partial charge in [0, 0.05) is 13.2 Å². The molecule has 0 aromatic rings. The molecular formula is C8H15NO. The third-order valence-electron chi connectivity index (χ3n) is 2.43. The van der Waals surface area contributed by atoms with E-state index in [1.54, 1.807) is 0 Å². The summed E-state index contributed by atoms with van der Waals surface area (Å²) in [5.41, 5.74) is 0. The zero-order chi connectivity index (χ0) is 6.81. The first-order valence-electron chi connectivity index (χ1n) is 4.29. The average molecular weight is 141 g/mol. The Bertz CT molecular complexity index is 106. The van der Waals surface area contributed by atoms with E-state index in [4.69, 9.17) is 4.74 Å². The summed E-state index contributed by atoms with van der Waals surface area (Å²) in [6.07, 6.45) is 4.53. The summed E-state index contributed by atoms with van der Waals surface area (Å²) in [6, 6.07) is 0. The molecule has 2 saturated heterocycles. The van der Waals surface area contributed by atoms with Crippen molar-refractivity contribution in [3.8, 4) is 0 Å². The van der Waals surface area contributed by atoms with Crippen LogP contribution in [0.4, 0.5) is 0 Å². The Labute approximate surface area is 62.2 Å². The monoisotopic (exact) mass is 141 g/mol. The minimum atomic E-state index is 0.570. The molecule has 0 N–H and O–H groups in total. The number of ether oxygens (including phenoxy) is 1. The van der Waals surface area contributed by atoms with E-state index in [0.29, 0.717) is 6.10 Å². The van der Waals surface area contributed by atoms with Gasteiger partial charge >= 0.3 is 0 Å². The highest BCUT2D eigenvalue weighted by atomic mass is 16.5. The quantitative estimate of drug-likeness (QED) is 0.566. The summed E-state index contributed by atoms with van der Waals surface area (Å²) in [6.45, 7) is 4.80. The lowest BCUT2D eigenvalue weighted by molar-refractivity contribution is 0.0516. The van der Waals surface area contributed by atoms with E-state index in [9.17, 15) is 0 Å². The number of nitrogens with zero attached hydrogens (tertiary/aromatic N) is 1. The molecule has 0 aliphatic carbocycles. The van der Waals surface area contributed by atoms with Gasteiger partial charge in [-0.2, -0.15) is 0 Å². The van der Waals surface area contributed by atoms with Gasteiger partial charge in [0.05, 0.1) is 6.10 Å². The summed E-state index contributed by atoms with van der Waals surface area (Å²) >= 11 is 0. The lowest BCUT2D eigenvalue weighted by Crippen LogP contribution is -2.41. The maximum atomic E-state index is 5.52. The summed E-state index contributed by atoms with van der Waals surface area (Å²) in [5, 5.41) is 0. The average Bonchev–Trinajstić information content (AvgIpc) is 2.29. The van der Waals surface area contributed by atoms with E-state index in [1.165, 1.54) is 38.9 Å². The Morgan fingerprint density at radius 3 is 2.70 bits per heavy atom. The first kappa shape index (κ1) is 6.62. The molecule has 0 bridgehead atoms. The van der Waals surface area contributed by atoms with E-state index >= 15 is 0 Å². The van der Waals surface area contributed by atoms with Crippen LogP contribution in [0.25, 0.3) is 0 Å². The van der Waals surface area contributed by atoms with Crippen LogP contribution in [0.1, 0.15) is 19.3 Å². The fraction of sp³-hybridized carbons (Fsp3) is 1.00. The van der Waals surface area contributed by atoms with Crippen molar-refractivity contribution in [1.82, 2.24) is 4.90 Å². The fourth-order valence-electron chi connectivity index (χ4n) is 1.64. The second-order valence-corrected chi connectivity index (χ2v) is 3.29. The normalized spacial score (nSPS) is 34.2. The van der Waals surface area contributed by atoms with Crippen LogP contribution >= 0.6 is 0 Å². The molecule has 2 fully saturated rings. The molecule has 0 radical (unpaired) electrons. The van der Waals surface area contributed by atoms with Crippen LogP contribution < -0.4 is 0 Å². The Morgan fingerprint density at radius 2 is 2.20 bits per heavy atom. The SMILES string of the molecule is C1COC(CN2CCC2)C1. The second-order valence-electron chi connectivity index (χ2n) is 3.29. The molecule has 1 atom stereocenters. The van der Waals surface area contributed by atoms with Crippen LogP contribution in [0.2, 0.25) is 0 Å². The third-order valence-corrected chi connectivity index (χ3v) is 2.43. The third kappa shape index (κ3) is 1.32. The van der Waals surface area contributed by atoms with Gasteiger partial charge < -0.3 is 9.64 Å². The van der Waals surface area contributed by atoms with E-state index in [0.717, 1.165) is 6.61 Å². The second kappa shape index (κ2) is 2.89. The molecule has 0 amide bonds. The van der Waals surface area contributed by atoms with E-state index < -0.39 is 0 Å². The standard InChI is InChI=1S/C8H15NO/c1-3-8(10-6-1)7-9-4-2-5-9/h8H,1-7H2. The predicted octanol–water partition coefficient (Wildman–Crippen LogP) is 0.871. The molecule has 10 heavy (non-hydrogen) atoms. The molecule has 0 spiro atoms. The zero-order valence-corrected chi connectivity index (χ0v) is 6.38. The van der Waals surface area contributed by atoms with Gasteiger partial charge in [-0.15, -0.1) is 0 Å². The van der Waals surface area contributed by atoms with Crippen molar-refractivity contribution in [2.45, 2.75) is 25.4 Å². The Balaban J connectivity index is 1.68. The van der Waals surface area contributed by atoms with Crippen LogP contribution in [0.15, 0.2) is 0 Å². The van der Waals surface area contributed by atoms with Gasteiger partial charge in [-0.1, -0.05) is 0 Å². The van der Waals surface area contributed by atoms with Crippen molar-refractivity contribution in [2.24, 2.45) is 0 Å². The molecule has 0 aromatic carbocycles. The van der Waals surface area contributed by atoms with Crippen LogP contribution in [0.5, 0.6) is 0 Å². The molecule has 2 rings (SSSR count).